The van der Waals surface area contributed by atoms with Gasteiger partial charge in [0, 0.05) is 0 Å². The summed E-state index contributed by atoms with van der Waals surface area (Å²) in [6.07, 6.45) is 10.5. The molecule has 177 valence electrons. The maximum atomic E-state index is 10.8. The quantitative estimate of drug-likeness (QED) is 0.319. The van der Waals surface area contributed by atoms with Crippen molar-refractivity contribution in [2.24, 2.45) is 34.5 Å². The summed E-state index contributed by atoms with van der Waals surface area (Å²) in [5.74, 6) is 2.03. The molecular formula is C24H38MnO6. The van der Waals surface area contributed by atoms with Crippen molar-refractivity contribution in [2.45, 2.75) is 78.4 Å². The Bertz CT molecular complexity index is 742. The first-order chi connectivity index (χ1) is 14.5. The molecule has 8 atom stereocenters. The molecule has 0 unspecified atom stereocenters. The van der Waals surface area contributed by atoms with Crippen LogP contribution in [0.1, 0.15) is 66.2 Å². The van der Waals surface area contributed by atoms with E-state index in [0.717, 1.165) is 50.4 Å². The zero-order chi connectivity index (χ0) is 23.4. The van der Waals surface area contributed by atoms with Crippen LogP contribution >= 0.6 is 0 Å². The Morgan fingerprint density at radius 1 is 0.935 bits per heavy atom. The summed E-state index contributed by atoms with van der Waals surface area (Å²) in [5, 5.41) is 28.6. The van der Waals surface area contributed by atoms with Crippen LogP contribution in [0.15, 0.2) is 23.3 Å². The zero-order valence-corrected chi connectivity index (χ0v) is 20.3. The molecule has 4 aliphatic carbocycles. The Balaban J connectivity index is 0.000000196. The third-order valence-electron chi connectivity index (χ3n) is 8.60. The number of aliphatic hydroxyl groups is 3. The number of carbonyl (C=O) groups is 1. The number of carbonyl (C=O) groups excluding carboxylic acids is 1. The van der Waals surface area contributed by atoms with Crippen molar-refractivity contribution in [2.75, 3.05) is 6.61 Å². The number of aldehydes is 1. The fourth-order valence-corrected chi connectivity index (χ4v) is 6.36. The van der Waals surface area contributed by atoms with Gasteiger partial charge in [-0.05, 0) is 84.2 Å². The standard InChI is InChI=1S/C12H20O2.C12H18O2.Mn.2O/c2*1-8-3-11(14)5-10-4-9(7-13)6-12(8,10)2;;;/h6,8,10-11,13-14H,3-5,7H2,1-2H3;6-8,10-11,14H,3-5H2,1-2H3;;;/t2*8-,10-,11+,12+;;;/m11.../s1. The summed E-state index contributed by atoms with van der Waals surface area (Å²) in [5.41, 5.74) is 2.46. The van der Waals surface area contributed by atoms with Gasteiger partial charge in [0.15, 0.2) is 0 Å². The molecule has 2 saturated carbocycles. The second-order valence-electron chi connectivity index (χ2n) is 10.4. The topological polar surface area (TPSA) is 112 Å². The van der Waals surface area contributed by atoms with Gasteiger partial charge in [0.05, 0.1) is 18.8 Å². The molecule has 31 heavy (non-hydrogen) atoms. The average molecular weight is 478 g/mol. The second kappa shape index (κ2) is 10.8. The van der Waals surface area contributed by atoms with Gasteiger partial charge in [-0.2, -0.15) is 0 Å². The van der Waals surface area contributed by atoms with E-state index in [1.165, 1.54) is 5.57 Å². The van der Waals surface area contributed by atoms with Crippen LogP contribution in [0, 0.1) is 34.5 Å². The summed E-state index contributed by atoms with van der Waals surface area (Å²) < 4.78 is 16.8. The fourth-order valence-electron chi connectivity index (χ4n) is 6.36. The normalized spacial score (nSPS) is 43.1. The van der Waals surface area contributed by atoms with E-state index in [2.05, 4.69) is 39.8 Å². The number of aliphatic hydroxyl groups excluding tert-OH is 3. The molecule has 4 rings (SSSR count). The summed E-state index contributed by atoms with van der Waals surface area (Å²) in [7, 11) is 0. The van der Waals surface area contributed by atoms with Crippen LogP contribution in [0.2, 0.25) is 0 Å². The van der Waals surface area contributed by atoms with Gasteiger partial charge >= 0.3 is 22.5 Å². The molecule has 0 radical (unpaired) electrons. The molecule has 0 bridgehead atoms. The molecule has 0 heterocycles. The van der Waals surface area contributed by atoms with Crippen molar-refractivity contribution in [3.05, 3.63) is 23.3 Å². The van der Waals surface area contributed by atoms with Crippen LogP contribution in [-0.4, -0.2) is 40.4 Å². The Labute approximate surface area is 191 Å². The summed E-state index contributed by atoms with van der Waals surface area (Å²) >= 11 is -1.44. The van der Waals surface area contributed by atoms with E-state index in [0.29, 0.717) is 23.7 Å². The van der Waals surface area contributed by atoms with Crippen LogP contribution in [0.25, 0.3) is 0 Å². The second-order valence-corrected chi connectivity index (χ2v) is 10.6. The molecule has 2 fully saturated rings. The molecule has 7 heteroatoms. The number of hydrogen-bond donors (Lipinski definition) is 3. The van der Waals surface area contributed by atoms with Crippen molar-refractivity contribution in [3.8, 4) is 0 Å². The van der Waals surface area contributed by atoms with Crippen molar-refractivity contribution in [1.82, 2.24) is 0 Å². The molecule has 6 nitrogen and oxygen atoms in total. The van der Waals surface area contributed by atoms with E-state index in [1.54, 1.807) is 0 Å². The molecular weight excluding hydrogens is 439 g/mol. The first-order valence-electron chi connectivity index (χ1n) is 11.3. The molecule has 0 aromatic rings. The summed E-state index contributed by atoms with van der Waals surface area (Å²) in [6.45, 7) is 9.09. The van der Waals surface area contributed by atoms with E-state index in [-0.39, 0.29) is 29.6 Å². The Kier molecular flexibility index (Phi) is 9.24. The van der Waals surface area contributed by atoms with Crippen molar-refractivity contribution < 1.29 is 42.6 Å². The molecule has 0 amide bonds. The van der Waals surface area contributed by atoms with Crippen molar-refractivity contribution >= 4 is 6.29 Å². The van der Waals surface area contributed by atoms with Crippen molar-refractivity contribution in [1.29, 1.82) is 0 Å². The van der Waals surface area contributed by atoms with Crippen LogP contribution in [0.3, 0.4) is 0 Å². The molecule has 4 aliphatic rings. The first-order valence-corrected chi connectivity index (χ1v) is 12.2. The van der Waals surface area contributed by atoms with E-state index in [4.69, 9.17) is 12.8 Å². The molecule has 0 spiro atoms. The SMILES string of the molecule is C[C@@H]1C[C@H](O)C[C@H]2CC(C=O)=C[C@]21C.C[C@@H]1C[C@H](O)C[C@H]2CC(CO)=C[C@]21C.[O]=[Mn]=[O]. The van der Waals surface area contributed by atoms with Gasteiger partial charge < -0.3 is 15.3 Å². The molecule has 0 aromatic heterocycles. The summed E-state index contributed by atoms with van der Waals surface area (Å²) in [6, 6.07) is 0. The minimum absolute atomic E-state index is 0.130. The Morgan fingerprint density at radius 3 is 1.84 bits per heavy atom. The monoisotopic (exact) mass is 477 g/mol. The first kappa shape index (κ1) is 26.4. The average Bonchev–Trinajstić information content (AvgIpc) is 3.21. The number of fused-ring (bicyclic) bond motifs is 2. The van der Waals surface area contributed by atoms with Gasteiger partial charge in [-0.3, -0.25) is 4.79 Å². The van der Waals surface area contributed by atoms with Crippen LogP contribution < -0.4 is 0 Å². The van der Waals surface area contributed by atoms with Gasteiger partial charge in [0.1, 0.15) is 6.29 Å². The van der Waals surface area contributed by atoms with Gasteiger partial charge in [0.2, 0.25) is 0 Å². The van der Waals surface area contributed by atoms with Crippen LogP contribution in [-0.2, 0) is 27.3 Å². The maximum absolute atomic E-state index is 10.8. The van der Waals surface area contributed by atoms with Gasteiger partial charge in [-0.15, -0.1) is 0 Å². The fraction of sp³-hybridized carbons (Fsp3) is 0.792. The number of rotatable bonds is 2. The molecule has 0 aliphatic heterocycles. The number of allylic oxidation sites excluding steroid dienone is 3. The van der Waals surface area contributed by atoms with E-state index in [1.807, 2.05) is 0 Å². The van der Waals surface area contributed by atoms with E-state index >= 15 is 0 Å². The van der Waals surface area contributed by atoms with Crippen LogP contribution in [0.5, 0.6) is 0 Å². The molecule has 0 saturated heterocycles. The molecule has 3 N–H and O–H groups in total. The van der Waals surface area contributed by atoms with Gasteiger partial charge in [-0.1, -0.05) is 39.8 Å². The Hall–Kier alpha value is -0.851. The van der Waals surface area contributed by atoms with E-state index < -0.39 is 14.8 Å². The summed E-state index contributed by atoms with van der Waals surface area (Å²) in [4.78, 5) is 10.8. The van der Waals surface area contributed by atoms with Crippen molar-refractivity contribution in [3.63, 3.8) is 0 Å². The minimum atomic E-state index is -1.44. The third kappa shape index (κ3) is 5.75. The number of hydrogen-bond acceptors (Lipinski definition) is 6. The van der Waals surface area contributed by atoms with E-state index in [9.17, 15) is 15.0 Å². The van der Waals surface area contributed by atoms with Gasteiger partial charge in [0.25, 0.3) is 0 Å². The molecule has 0 aromatic carbocycles. The predicted molar refractivity (Wildman–Crippen MR) is 112 cm³/mol. The van der Waals surface area contributed by atoms with Gasteiger partial charge in [-0.25, -0.2) is 0 Å². The zero-order valence-electron chi connectivity index (χ0n) is 19.1. The Morgan fingerprint density at radius 2 is 1.39 bits per heavy atom. The third-order valence-corrected chi connectivity index (χ3v) is 8.60. The van der Waals surface area contributed by atoms with Crippen LogP contribution in [0.4, 0.5) is 0 Å². The predicted octanol–water partition coefficient (Wildman–Crippen LogP) is 3.41.